The van der Waals surface area contributed by atoms with Gasteiger partial charge in [0.1, 0.15) is 5.75 Å². The second kappa shape index (κ2) is 9.22. The quantitative estimate of drug-likeness (QED) is 0.541. The number of carbonyl (C=O) groups excluding carboxylic acids is 3. The lowest BCUT2D eigenvalue weighted by Crippen LogP contribution is -2.44. The lowest BCUT2D eigenvalue weighted by atomic mass is 10.1. The molecule has 3 amide bonds. The minimum Gasteiger partial charge on any atom is -0.484 e. The first-order valence-corrected chi connectivity index (χ1v) is 8.63. The Hall–Kier alpha value is -3.81. The standard InChI is InChI=1S/C20H19N3O5/c24-18(9-10-21-20(26)17-6-3-11-27-17)22-23-19(25)13-28-16-8-7-14-4-1-2-5-15(14)12-16/h1-8,11-12H,9-10,13H2,(H,21,26)(H,22,24)(H,23,25). The highest BCUT2D eigenvalue weighted by molar-refractivity contribution is 5.91. The molecule has 0 saturated carbocycles. The summed E-state index contributed by atoms with van der Waals surface area (Å²) in [7, 11) is 0. The van der Waals surface area contributed by atoms with Gasteiger partial charge in [0.05, 0.1) is 6.26 Å². The van der Waals surface area contributed by atoms with Crippen molar-refractivity contribution in [3.63, 3.8) is 0 Å². The van der Waals surface area contributed by atoms with Crippen LogP contribution in [0.4, 0.5) is 0 Å². The van der Waals surface area contributed by atoms with E-state index in [1.165, 1.54) is 12.3 Å². The average molecular weight is 381 g/mol. The molecule has 1 aromatic heterocycles. The molecule has 8 nitrogen and oxygen atoms in total. The van der Waals surface area contributed by atoms with E-state index in [-0.39, 0.29) is 25.3 Å². The first-order chi connectivity index (χ1) is 13.6. The van der Waals surface area contributed by atoms with Crippen LogP contribution in [0.25, 0.3) is 10.8 Å². The molecule has 0 aliphatic heterocycles. The van der Waals surface area contributed by atoms with E-state index in [9.17, 15) is 14.4 Å². The van der Waals surface area contributed by atoms with Gasteiger partial charge in [0.15, 0.2) is 12.4 Å². The first kappa shape index (κ1) is 19.0. The topological polar surface area (TPSA) is 110 Å². The van der Waals surface area contributed by atoms with Gasteiger partial charge in [-0.3, -0.25) is 25.2 Å². The maximum Gasteiger partial charge on any atom is 0.286 e. The Labute approximate surface area is 160 Å². The monoisotopic (exact) mass is 381 g/mol. The van der Waals surface area contributed by atoms with Gasteiger partial charge in [-0.1, -0.05) is 30.3 Å². The van der Waals surface area contributed by atoms with Crippen LogP contribution in [0.15, 0.2) is 65.3 Å². The van der Waals surface area contributed by atoms with Crippen LogP contribution in [-0.2, 0) is 9.59 Å². The van der Waals surface area contributed by atoms with E-state index in [1.54, 1.807) is 12.1 Å². The van der Waals surface area contributed by atoms with Crippen molar-refractivity contribution < 1.29 is 23.5 Å². The van der Waals surface area contributed by atoms with E-state index in [0.29, 0.717) is 5.75 Å². The van der Waals surface area contributed by atoms with Gasteiger partial charge >= 0.3 is 0 Å². The van der Waals surface area contributed by atoms with Crippen LogP contribution in [0.1, 0.15) is 17.0 Å². The van der Waals surface area contributed by atoms with Crippen molar-refractivity contribution in [3.05, 3.63) is 66.6 Å². The molecule has 3 rings (SSSR count). The predicted octanol–water partition coefficient (Wildman–Crippen LogP) is 1.78. The SMILES string of the molecule is O=C(CCNC(=O)c1ccco1)NNC(=O)COc1ccc2ccccc2c1. The maximum atomic E-state index is 11.8. The molecule has 0 bridgehead atoms. The third-order valence-electron chi connectivity index (χ3n) is 3.81. The highest BCUT2D eigenvalue weighted by atomic mass is 16.5. The fourth-order valence-electron chi connectivity index (χ4n) is 2.43. The number of ether oxygens (including phenoxy) is 1. The molecule has 144 valence electrons. The van der Waals surface area contributed by atoms with Gasteiger partial charge in [-0.25, -0.2) is 0 Å². The summed E-state index contributed by atoms with van der Waals surface area (Å²) in [4.78, 5) is 35.1. The number of furan rings is 1. The van der Waals surface area contributed by atoms with E-state index in [0.717, 1.165) is 10.8 Å². The third-order valence-corrected chi connectivity index (χ3v) is 3.81. The molecule has 0 saturated heterocycles. The zero-order valence-corrected chi connectivity index (χ0v) is 14.9. The summed E-state index contributed by atoms with van der Waals surface area (Å²) in [5, 5.41) is 4.61. The van der Waals surface area contributed by atoms with Crippen molar-refractivity contribution >= 4 is 28.5 Å². The molecule has 0 aliphatic rings. The van der Waals surface area contributed by atoms with Crippen LogP contribution in [0.3, 0.4) is 0 Å². The van der Waals surface area contributed by atoms with Crippen LogP contribution in [0.2, 0.25) is 0 Å². The number of amides is 3. The van der Waals surface area contributed by atoms with Crippen LogP contribution in [0, 0.1) is 0 Å². The van der Waals surface area contributed by atoms with Crippen LogP contribution >= 0.6 is 0 Å². The molecule has 2 aromatic carbocycles. The molecule has 28 heavy (non-hydrogen) atoms. The molecule has 0 radical (unpaired) electrons. The number of rotatable bonds is 7. The summed E-state index contributed by atoms with van der Waals surface area (Å²) in [5.41, 5.74) is 4.52. The van der Waals surface area contributed by atoms with E-state index in [4.69, 9.17) is 9.15 Å². The molecule has 3 N–H and O–H groups in total. The smallest absolute Gasteiger partial charge is 0.286 e. The Morgan fingerprint density at radius 3 is 2.46 bits per heavy atom. The van der Waals surface area contributed by atoms with Crippen molar-refractivity contribution in [1.82, 2.24) is 16.2 Å². The van der Waals surface area contributed by atoms with Crippen molar-refractivity contribution in [3.8, 4) is 5.75 Å². The van der Waals surface area contributed by atoms with Crippen LogP contribution in [0.5, 0.6) is 5.75 Å². The molecular formula is C20H19N3O5. The Bertz CT molecular complexity index is 969. The maximum absolute atomic E-state index is 11.8. The molecule has 3 aromatic rings. The van der Waals surface area contributed by atoms with Gasteiger partial charge in [-0.05, 0) is 35.0 Å². The fraction of sp³-hybridized carbons (Fsp3) is 0.150. The number of hydrazine groups is 1. The Balaban J connectivity index is 1.34. The molecule has 0 aliphatic carbocycles. The summed E-state index contributed by atoms with van der Waals surface area (Å²) >= 11 is 0. The summed E-state index contributed by atoms with van der Waals surface area (Å²) in [6.07, 6.45) is 1.38. The number of carbonyl (C=O) groups is 3. The van der Waals surface area contributed by atoms with E-state index in [2.05, 4.69) is 16.2 Å². The van der Waals surface area contributed by atoms with Gasteiger partial charge in [0, 0.05) is 13.0 Å². The van der Waals surface area contributed by atoms with Gasteiger partial charge in [-0.15, -0.1) is 0 Å². The van der Waals surface area contributed by atoms with Crippen LogP contribution in [-0.4, -0.2) is 30.9 Å². The Kier molecular flexibility index (Phi) is 6.25. The molecular weight excluding hydrogens is 362 g/mol. The molecule has 0 atom stereocenters. The zero-order chi connectivity index (χ0) is 19.8. The third kappa shape index (κ3) is 5.34. The first-order valence-electron chi connectivity index (χ1n) is 8.63. The summed E-state index contributed by atoms with van der Waals surface area (Å²) in [6, 6.07) is 16.4. The summed E-state index contributed by atoms with van der Waals surface area (Å²) < 4.78 is 10.4. The number of hydrogen-bond acceptors (Lipinski definition) is 5. The number of nitrogens with one attached hydrogen (secondary N) is 3. The van der Waals surface area contributed by atoms with Crippen molar-refractivity contribution in [2.24, 2.45) is 0 Å². The molecule has 0 fully saturated rings. The second-order valence-electron chi connectivity index (χ2n) is 5.88. The highest BCUT2D eigenvalue weighted by Gasteiger charge is 2.09. The molecule has 1 heterocycles. The Morgan fingerprint density at radius 2 is 1.68 bits per heavy atom. The van der Waals surface area contributed by atoms with Crippen LogP contribution < -0.4 is 20.9 Å². The van der Waals surface area contributed by atoms with Crippen molar-refractivity contribution in [1.29, 1.82) is 0 Å². The zero-order valence-electron chi connectivity index (χ0n) is 14.9. The van der Waals surface area contributed by atoms with Crippen molar-refractivity contribution in [2.75, 3.05) is 13.2 Å². The van der Waals surface area contributed by atoms with Crippen molar-refractivity contribution in [2.45, 2.75) is 6.42 Å². The van der Waals surface area contributed by atoms with E-state index < -0.39 is 17.7 Å². The molecule has 8 heteroatoms. The lowest BCUT2D eigenvalue weighted by molar-refractivity contribution is -0.129. The minimum absolute atomic E-state index is 0.00173. The van der Waals surface area contributed by atoms with E-state index in [1.807, 2.05) is 36.4 Å². The molecule has 0 unspecified atom stereocenters. The van der Waals surface area contributed by atoms with Gasteiger partial charge in [0.2, 0.25) is 5.91 Å². The fourth-order valence-corrected chi connectivity index (χ4v) is 2.43. The number of fused-ring (bicyclic) bond motifs is 1. The van der Waals surface area contributed by atoms with Gasteiger partial charge < -0.3 is 14.5 Å². The lowest BCUT2D eigenvalue weighted by Gasteiger charge is -2.09. The predicted molar refractivity (Wildman–Crippen MR) is 101 cm³/mol. The van der Waals surface area contributed by atoms with Gasteiger partial charge in [-0.2, -0.15) is 0 Å². The number of benzene rings is 2. The van der Waals surface area contributed by atoms with Gasteiger partial charge in [0.25, 0.3) is 11.8 Å². The second-order valence-corrected chi connectivity index (χ2v) is 5.88. The summed E-state index contributed by atoms with van der Waals surface area (Å²) in [6.45, 7) is -0.136. The molecule has 0 spiro atoms. The highest BCUT2D eigenvalue weighted by Crippen LogP contribution is 2.20. The Morgan fingerprint density at radius 1 is 0.893 bits per heavy atom. The van der Waals surface area contributed by atoms with E-state index >= 15 is 0 Å². The minimum atomic E-state index is -0.499. The summed E-state index contributed by atoms with van der Waals surface area (Å²) in [5.74, 6) is -0.633. The normalized spacial score (nSPS) is 10.3. The largest absolute Gasteiger partial charge is 0.484 e. The average Bonchev–Trinajstić information content (AvgIpc) is 3.25. The number of hydrogen-bond donors (Lipinski definition) is 3.